The number of thiophene rings is 1. The van der Waals surface area contributed by atoms with Crippen molar-refractivity contribution in [1.82, 2.24) is 16.2 Å². The molecule has 0 aliphatic carbocycles. The second kappa shape index (κ2) is 8.42. The van der Waals surface area contributed by atoms with E-state index in [0.717, 1.165) is 0 Å². The number of amides is 2. The summed E-state index contributed by atoms with van der Waals surface area (Å²) in [4.78, 5) is 24.5. The van der Waals surface area contributed by atoms with Gasteiger partial charge in [0, 0.05) is 5.56 Å². The van der Waals surface area contributed by atoms with Crippen LogP contribution in [0.15, 0.2) is 41.8 Å². The lowest BCUT2D eigenvalue weighted by atomic mass is 10.2. The molecule has 1 aromatic heterocycles. The highest BCUT2D eigenvalue weighted by atomic mass is 32.1. The summed E-state index contributed by atoms with van der Waals surface area (Å²) in [5.74, 6) is -0.122. The number of carbonyl (C=O) groups is 2. The number of hydrogen-bond donors (Lipinski definition) is 3. The van der Waals surface area contributed by atoms with Gasteiger partial charge in [-0.2, -0.15) is 0 Å². The zero-order chi connectivity index (χ0) is 17.5. The molecule has 24 heavy (non-hydrogen) atoms. The number of carbonyl (C=O) groups excluding carboxylic acids is 2. The van der Waals surface area contributed by atoms with Gasteiger partial charge in [-0.3, -0.25) is 25.8 Å². The molecule has 0 fully saturated rings. The third-order valence-electron chi connectivity index (χ3n) is 2.73. The third kappa shape index (κ3) is 5.32. The molecule has 126 valence electrons. The van der Waals surface area contributed by atoms with Gasteiger partial charge in [-0.25, -0.2) is 0 Å². The summed E-state index contributed by atoms with van der Waals surface area (Å²) in [7, 11) is 0. The summed E-state index contributed by atoms with van der Waals surface area (Å²) in [5.41, 5.74) is 5.32. The summed E-state index contributed by atoms with van der Waals surface area (Å²) in [6.45, 7) is 3.81. The summed E-state index contributed by atoms with van der Waals surface area (Å²) in [6.07, 6.45) is 0.0125. The van der Waals surface area contributed by atoms with Crippen molar-refractivity contribution in [3.05, 3.63) is 52.2 Å². The van der Waals surface area contributed by atoms with Gasteiger partial charge in [0.05, 0.1) is 11.0 Å². The molecular formula is C16H17N3O3S2. The Balaban J connectivity index is 1.87. The van der Waals surface area contributed by atoms with Crippen molar-refractivity contribution >= 4 is 40.5 Å². The van der Waals surface area contributed by atoms with Crippen LogP contribution in [0.2, 0.25) is 0 Å². The molecule has 0 saturated carbocycles. The molecule has 1 heterocycles. The van der Waals surface area contributed by atoms with Crippen LogP contribution >= 0.6 is 23.6 Å². The first-order valence-electron chi connectivity index (χ1n) is 7.17. The lowest BCUT2D eigenvalue weighted by molar-refractivity contribution is 0.0938. The molecule has 6 nitrogen and oxygen atoms in total. The van der Waals surface area contributed by atoms with Crippen molar-refractivity contribution in [1.29, 1.82) is 0 Å². The van der Waals surface area contributed by atoms with E-state index in [4.69, 9.17) is 17.0 Å². The molecule has 0 saturated heterocycles. The van der Waals surface area contributed by atoms with E-state index in [1.54, 1.807) is 41.8 Å². The number of benzene rings is 1. The first-order chi connectivity index (χ1) is 11.5. The molecule has 3 N–H and O–H groups in total. The lowest BCUT2D eigenvalue weighted by Crippen LogP contribution is -2.48. The van der Waals surface area contributed by atoms with Crippen LogP contribution in [-0.4, -0.2) is 23.0 Å². The van der Waals surface area contributed by atoms with E-state index in [9.17, 15) is 9.59 Å². The lowest BCUT2D eigenvalue weighted by Gasteiger charge is -2.12. The maximum atomic E-state index is 12.2. The van der Waals surface area contributed by atoms with Crippen molar-refractivity contribution in [2.24, 2.45) is 0 Å². The van der Waals surface area contributed by atoms with Crippen molar-refractivity contribution in [2.75, 3.05) is 0 Å². The average molecular weight is 363 g/mol. The molecule has 0 aliphatic heterocycles. The second-order valence-electron chi connectivity index (χ2n) is 5.03. The van der Waals surface area contributed by atoms with Gasteiger partial charge in [-0.1, -0.05) is 12.1 Å². The normalized spacial score (nSPS) is 10.1. The SMILES string of the molecule is CC(C)Oc1cccc(C(=O)NC(=S)NNC(=O)c2cccs2)c1. The highest BCUT2D eigenvalue weighted by Gasteiger charge is 2.11. The summed E-state index contributed by atoms with van der Waals surface area (Å²) in [5, 5.41) is 4.28. The highest BCUT2D eigenvalue weighted by molar-refractivity contribution is 7.80. The largest absolute Gasteiger partial charge is 0.491 e. The molecule has 0 spiro atoms. The molecule has 0 bridgehead atoms. The van der Waals surface area contributed by atoms with E-state index in [0.29, 0.717) is 16.2 Å². The van der Waals surface area contributed by atoms with Crippen LogP contribution in [-0.2, 0) is 0 Å². The van der Waals surface area contributed by atoms with Gasteiger partial charge < -0.3 is 4.74 Å². The van der Waals surface area contributed by atoms with Crippen molar-refractivity contribution < 1.29 is 14.3 Å². The maximum absolute atomic E-state index is 12.2. The fourth-order valence-electron chi connectivity index (χ4n) is 1.77. The molecule has 1 aromatic carbocycles. The van der Waals surface area contributed by atoms with Gasteiger partial charge in [0.2, 0.25) is 0 Å². The van der Waals surface area contributed by atoms with Crippen LogP contribution in [0.4, 0.5) is 0 Å². The number of nitrogens with one attached hydrogen (secondary N) is 3. The van der Waals surface area contributed by atoms with Gasteiger partial charge in [0.15, 0.2) is 5.11 Å². The Morgan fingerprint density at radius 3 is 2.58 bits per heavy atom. The van der Waals surface area contributed by atoms with Crippen LogP contribution in [0.5, 0.6) is 5.75 Å². The quantitative estimate of drug-likeness (QED) is 0.574. The zero-order valence-corrected chi connectivity index (χ0v) is 14.8. The van der Waals surface area contributed by atoms with Crippen LogP contribution in [0, 0.1) is 0 Å². The van der Waals surface area contributed by atoms with Gasteiger partial charge in [0.25, 0.3) is 11.8 Å². The Morgan fingerprint density at radius 1 is 1.12 bits per heavy atom. The predicted octanol–water partition coefficient (Wildman–Crippen LogP) is 2.48. The summed E-state index contributed by atoms with van der Waals surface area (Å²) >= 11 is 6.30. The molecule has 2 aromatic rings. The Kier molecular flexibility index (Phi) is 6.28. The molecule has 8 heteroatoms. The topological polar surface area (TPSA) is 79.5 Å². The molecule has 0 atom stereocenters. The second-order valence-corrected chi connectivity index (χ2v) is 6.39. The standard InChI is InChI=1S/C16H17N3O3S2/c1-10(2)22-12-6-3-5-11(9-12)14(20)17-16(23)19-18-15(21)13-7-4-8-24-13/h3-10H,1-2H3,(H,18,21)(H2,17,19,20,23). The van der Waals surface area contributed by atoms with Gasteiger partial charge in [-0.05, 0) is 55.7 Å². The van der Waals surface area contributed by atoms with E-state index in [-0.39, 0.29) is 17.1 Å². The summed E-state index contributed by atoms with van der Waals surface area (Å²) < 4.78 is 5.55. The highest BCUT2D eigenvalue weighted by Crippen LogP contribution is 2.14. The van der Waals surface area contributed by atoms with E-state index in [1.165, 1.54) is 11.3 Å². The zero-order valence-electron chi connectivity index (χ0n) is 13.2. The Bertz CT molecular complexity index is 730. The molecule has 2 amide bonds. The first kappa shape index (κ1) is 17.9. The fraction of sp³-hybridized carbons (Fsp3) is 0.188. The van der Waals surface area contributed by atoms with E-state index in [1.807, 2.05) is 13.8 Å². The minimum Gasteiger partial charge on any atom is -0.491 e. The minimum absolute atomic E-state index is 0.0000807. The smallest absolute Gasteiger partial charge is 0.279 e. The Labute approximate surface area is 149 Å². The Hall–Kier alpha value is -2.45. The molecular weight excluding hydrogens is 346 g/mol. The molecule has 0 unspecified atom stereocenters. The number of hydrazine groups is 1. The van der Waals surface area contributed by atoms with Crippen LogP contribution in [0.3, 0.4) is 0 Å². The molecule has 0 aliphatic rings. The number of rotatable bonds is 4. The number of ether oxygens (including phenoxy) is 1. The van der Waals surface area contributed by atoms with Crippen LogP contribution in [0.25, 0.3) is 0 Å². The summed E-state index contributed by atoms with van der Waals surface area (Å²) in [6, 6.07) is 10.2. The van der Waals surface area contributed by atoms with Crippen molar-refractivity contribution in [3.8, 4) is 5.75 Å². The van der Waals surface area contributed by atoms with Crippen LogP contribution < -0.4 is 20.9 Å². The van der Waals surface area contributed by atoms with Crippen molar-refractivity contribution in [2.45, 2.75) is 20.0 Å². The van der Waals surface area contributed by atoms with Gasteiger partial charge >= 0.3 is 0 Å². The third-order valence-corrected chi connectivity index (χ3v) is 3.80. The van der Waals surface area contributed by atoms with Crippen molar-refractivity contribution in [3.63, 3.8) is 0 Å². The van der Waals surface area contributed by atoms with Gasteiger partial charge in [-0.15, -0.1) is 11.3 Å². The van der Waals surface area contributed by atoms with E-state index >= 15 is 0 Å². The monoisotopic (exact) mass is 363 g/mol. The van der Waals surface area contributed by atoms with Crippen LogP contribution in [0.1, 0.15) is 33.9 Å². The first-order valence-corrected chi connectivity index (χ1v) is 8.46. The average Bonchev–Trinajstić information content (AvgIpc) is 3.06. The minimum atomic E-state index is -0.396. The van der Waals surface area contributed by atoms with E-state index in [2.05, 4.69) is 16.2 Å². The molecule has 2 rings (SSSR count). The molecule has 0 radical (unpaired) electrons. The maximum Gasteiger partial charge on any atom is 0.279 e. The fourth-order valence-corrected chi connectivity index (χ4v) is 2.53. The van der Waals surface area contributed by atoms with Gasteiger partial charge in [0.1, 0.15) is 5.75 Å². The Morgan fingerprint density at radius 2 is 1.92 bits per heavy atom. The number of hydrogen-bond acceptors (Lipinski definition) is 5. The van der Waals surface area contributed by atoms with E-state index < -0.39 is 5.91 Å². The number of thiocarbonyl (C=S) groups is 1. The predicted molar refractivity (Wildman–Crippen MR) is 97.2 cm³/mol.